The number of esters is 1. The molecular weight excluding hydrogens is 743 g/mol. The van der Waals surface area contributed by atoms with Gasteiger partial charge in [0.25, 0.3) is 11.7 Å². The highest BCUT2D eigenvalue weighted by Crippen LogP contribution is 2.55. The van der Waals surface area contributed by atoms with Gasteiger partial charge in [-0.15, -0.1) is 6.58 Å². The van der Waals surface area contributed by atoms with Gasteiger partial charge in [0, 0.05) is 67.7 Å². The standard InChI is InChI=1S/C41H51N3O11S/c1-11-16-42-40-44-29-26-27-33(48)23(7)36-28(26)38(50)41(9,55-36)53-17-15-25(52-10)20(4)35(54-24(8)45)22(6)32(47)21(5)31(46)18(2)13-12-14-19(3)39(51)43-30(34(27)49)37(29)56-40/h11-15,17-18,20-22,25,31-32,35,46-49H,1,16H2,2-10H3,(H,42,44)(H,43,51)/b13-12+,17-15-,19-14+. The average molecular weight is 794 g/mol. The fourth-order valence-corrected chi connectivity index (χ4v) is 8.34. The number of benzene rings is 2. The zero-order valence-electron chi connectivity index (χ0n) is 33.0. The van der Waals surface area contributed by atoms with Gasteiger partial charge in [-0.3, -0.25) is 14.4 Å². The van der Waals surface area contributed by atoms with Crippen LogP contribution >= 0.6 is 11.3 Å². The number of ether oxygens (including phenoxy) is 4. The van der Waals surface area contributed by atoms with Gasteiger partial charge in [0.1, 0.15) is 23.3 Å². The first-order valence-corrected chi connectivity index (χ1v) is 19.2. The second kappa shape index (κ2) is 16.6. The molecule has 4 bridgehead atoms. The van der Waals surface area contributed by atoms with E-state index in [1.54, 1.807) is 58.9 Å². The average Bonchev–Trinajstić information content (AvgIpc) is 3.70. The minimum Gasteiger partial charge on any atom is -0.507 e. The van der Waals surface area contributed by atoms with E-state index >= 15 is 0 Å². The number of ketones is 1. The number of aliphatic hydroxyl groups is 2. The summed E-state index contributed by atoms with van der Waals surface area (Å²) in [4.78, 5) is 45.2. The summed E-state index contributed by atoms with van der Waals surface area (Å²) in [6.45, 7) is 16.8. The molecule has 14 nitrogen and oxygen atoms in total. The molecule has 3 aromatic rings. The molecule has 0 saturated heterocycles. The van der Waals surface area contributed by atoms with Crippen LogP contribution in [0.25, 0.3) is 21.0 Å². The van der Waals surface area contributed by atoms with Crippen molar-refractivity contribution in [2.75, 3.05) is 24.3 Å². The number of nitrogens with one attached hydrogen (secondary N) is 2. The second-order valence-electron chi connectivity index (χ2n) is 14.7. The third kappa shape index (κ3) is 7.73. The van der Waals surface area contributed by atoms with Crippen molar-refractivity contribution >= 4 is 60.8 Å². The van der Waals surface area contributed by atoms with Crippen molar-refractivity contribution in [3.05, 3.63) is 59.9 Å². The molecule has 1 aromatic heterocycles. The number of rotatable bonds is 5. The molecule has 5 rings (SSSR count). The van der Waals surface area contributed by atoms with Gasteiger partial charge < -0.3 is 50.0 Å². The first-order valence-electron chi connectivity index (χ1n) is 18.4. The van der Waals surface area contributed by atoms with Crippen LogP contribution in [0.4, 0.5) is 10.8 Å². The number of amides is 1. The molecule has 6 N–H and O–H groups in total. The number of phenols is 2. The van der Waals surface area contributed by atoms with Gasteiger partial charge >= 0.3 is 11.8 Å². The SMILES string of the molecule is C=CCNc1nc2c(s1)c1c(O)c3c(O)c(C)c4c(c32)C(=O)C(C)(O/C=C\C(OC)C(C)C(OC(C)=O)C(C)C(O)C(C)C(O)C(C)/C=C/C=C(\C)C(=O)N1)O4. The Morgan fingerprint density at radius 2 is 1.77 bits per heavy atom. The number of aliphatic hydroxyl groups excluding tert-OH is 2. The summed E-state index contributed by atoms with van der Waals surface area (Å²) in [6.07, 6.45) is 5.49. The van der Waals surface area contributed by atoms with Crippen molar-refractivity contribution in [3.8, 4) is 17.2 Å². The van der Waals surface area contributed by atoms with Crippen LogP contribution in [0, 0.1) is 30.6 Å². The van der Waals surface area contributed by atoms with Crippen molar-refractivity contribution in [1.29, 1.82) is 0 Å². The van der Waals surface area contributed by atoms with E-state index in [1.165, 1.54) is 40.2 Å². The van der Waals surface area contributed by atoms with Crippen molar-refractivity contribution in [3.63, 3.8) is 0 Å². The number of carbonyl (C=O) groups excluding carboxylic acids is 3. The third-order valence-corrected chi connectivity index (χ3v) is 11.8. The number of hydrogen-bond acceptors (Lipinski definition) is 14. The van der Waals surface area contributed by atoms with Gasteiger partial charge in [0.05, 0.1) is 45.7 Å². The molecule has 15 heteroatoms. The van der Waals surface area contributed by atoms with E-state index in [0.717, 1.165) is 11.3 Å². The lowest BCUT2D eigenvalue weighted by Crippen LogP contribution is -2.46. The summed E-state index contributed by atoms with van der Waals surface area (Å²) in [6, 6.07) is 0. The molecule has 2 aromatic carbocycles. The lowest BCUT2D eigenvalue weighted by atomic mass is 9.78. The molecule has 0 spiro atoms. The summed E-state index contributed by atoms with van der Waals surface area (Å²) < 4.78 is 24.0. The smallest absolute Gasteiger partial charge is 0.312 e. The highest BCUT2D eigenvalue weighted by Gasteiger charge is 2.49. The molecule has 0 aliphatic carbocycles. The number of Topliss-reactive ketones (excluding diaryl/α,β-unsaturated/α-hetero) is 1. The monoisotopic (exact) mass is 793 g/mol. The molecule has 0 radical (unpaired) electrons. The van der Waals surface area contributed by atoms with Gasteiger partial charge in [-0.1, -0.05) is 63.3 Å². The zero-order chi connectivity index (χ0) is 41.4. The number of methoxy groups -OCH3 is 1. The van der Waals surface area contributed by atoms with E-state index in [-0.39, 0.29) is 44.4 Å². The number of allylic oxidation sites excluding steroid dienone is 2. The second-order valence-corrected chi connectivity index (χ2v) is 15.7. The maximum atomic E-state index is 14.5. The maximum absolute atomic E-state index is 14.5. The summed E-state index contributed by atoms with van der Waals surface area (Å²) in [7, 11) is 1.45. The van der Waals surface area contributed by atoms with Crippen molar-refractivity contribution < 1.29 is 53.8 Å². The maximum Gasteiger partial charge on any atom is 0.312 e. The lowest BCUT2D eigenvalue weighted by Gasteiger charge is -2.38. The number of hydrogen-bond donors (Lipinski definition) is 6. The van der Waals surface area contributed by atoms with Crippen molar-refractivity contribution in [1.82, 2.24) is 4.98 Å². The normalized spacial score (nSPS) is 30.9. The number of nitrogens with zero attached hydrogens (tertiary/aromatic N) is 1. The van der Waals surface area contributed by atoms with Crippen LogP contribution in [0.2, 0.25) is 0 Å². The number of aromatic nitrogens is 1. The number of aromatic hydroxyl groups is 2. The Labute approximate surface area is 329 Å². The minimum atomic E-state index is -1.95. The lowest BCUT2D eigenvalue weighted by molar-refractivity contribution is -0.160. The molecule has 0 saturated carbocycles. The Hall–Kier alpha value is -4.96. The molecule has 9 atom stereocenters. The number of thiazole rings is 1. The predicted molar refractivity (Wildman–Crippen MR) is 214 cm³/mol. The third-order valence-electron chi connectivity index (χ3n) is 10.8. The Balaban J connectivity index is 1.72. The van der Waals surface area contributed by atoms with Gasteiger partial charge in [-0.25, -0.2) is 4.98 Å². The summed E-state index contributed by atoms with van der Waals surface area (Å²) >= 11 is 1.12. The molecular formula is C41H51N3O11S. The van der Waals surface area contributed by atoms with Crippen LogP contribution in [-0.4, -0.2) is 86.9 Å². The van der Waals surface area contributed by atoms with Gasteiger partial charge in [0.15, 0.2) is 10.9 Å². The first kappa shape index (κ1) is 42.2. The summed E-state index contributed by atoms with van der Waals surface area (Å²) in [5.41, 5.74) is 0.582. The van der Waals surface area contributed by atoms with E-state index in [2.05, 4.69) is 17.2 Å². The van der Waals surface area contributed by atoms with E-state index in [0.29, 0.717) is 16.4 Å². The van der Waals surface area contributed by atoms with Crippen LogP contribution in [0.15, 0.2) is 48.8 Å². The molecule has 9 unspecified atom stereocenters. The van der Waals surface area contributed by atoms with E-state index in [1.807, 2.05) is 0 Å². The molecule has 3 heterocycles. The number of fused-ring (bicyclic) bond motifs is 1. The minimum absolute atomic E-state index is 0.0143. The van der Waals surface area contributed by atoms with E-state index < -0.39 is 83.0 Å². The largest absolute Gasteiger partial charge is 0.507 e. The Kier molecular flexibility index (Phi) is 12.5. The fraction of sp³-hybridized carbons (Fsp3) is 0.463. The van der Waals surface area contributed by atoms with Crippen LogP contribution in [0.3, 0.4) is 0 Å². The molecule has 302 valence electrons. The Morgan fingerprint density at radius 3 is 2.41 bits per heavy atom. The Morgan fingerprint density at radius 1 is 1.07 bits per heavy atom. The predicted octanol–water partition coefficient (Wildman–Crippen LogP) is 6.26. The van der Waals surface area contributed by atoms with Crippen LogP contribution < -0.4 is 15.4 Å². The number of phenolic OH excluding ortho intramolecular Hbond substituents is 2. The zero-order valence-corrected chi connectivity index (χ0v) is 33.8. The number of anilines is 2. The van der Waals surface area contributed by atoms with Gasteiger partial charge in [-0.05, 0) is 19.9 Å². The number of carbonyl (C=O) groups is 3. The topological polar surface area (TPSA) is 206 Å². The van der Waals surface area contributed by atoms with Crippen molar-refractivity contribution in [2.24, 2.45) is 23.7 Å². The molecule has 0 fully saturated rings. The highest BCUT2D eigenvalue weighted by atomic mass is 32.1. The van der Waals surface area contributed by atoms with Crippen LogP contribution in [0.5, 0.6) is 17.2 Å². The molecule has 56 heavy (non-hydrogen) atoms. The van der Waals surface area contributed by atoms with E-state index in [9.17, 15) is 34.8 Å². The summed E-state index contributed by atoms with van der Waals surface area (Å²) in [5, 5.41) is 52.5. The Bertz CT molecular complexity index is 2140. The highest BCUT2D eigenvalue weighted by molar-refractivity contribution is 7.23. The quantitative estimate of drug-likeness (QED) is 0.0961. The van der Waals surface area contributed by atoms with Gasteiger partial charge in [0.2, 0.25) is 0 Å². The van der Waals surface area contributed by atoms with Crippen LogP contribution in [0.1, 0.15) is 64.4 Å². The molecule has 2 aliphatic heterocycles. The first-order chi connectivity index (χ1) is 26.4. The summed E-state index contributed by atoms with van der Waals surface area (Å²) in [5.74, 6) is -6.96. The van der Waals surface area contributed by atoms with E-state index in [4.69, 9.17) is 23.9 Å². The molecule has 2 aliphatic rings. The van der Waals surface area contributed by atoms with Crippen molar-refractivity contribution in [2.45, 2.75) is 85.6 Å². The molecule has 1 amide bonds. The van der Waals surface area contributed by atoms with Gasteiger partial charge in [-0.2, -0.15) is 0 Å². The van der Waals surface area contributed by atoms with Crippen LogP contribution in [-0.2, 0) is 23.8 Å². The fourth-order valence-electron chi connectivity index (χ4n) is 7.36.